The lowest BCUT2D eigenvalue weighted by Crippen LogP contribution is -1.58. The maximum absolute atomic E-state index is 3.78. The van der Waals surface area contributed by atoms with Crippen LogP contribution in [0.3, 0.4) is 0 Å². The first-order valence-electron chi connectivity index (χ1n) is 1.85. The van der Waals surface area contributed by atoms with Gasteiger partial charge >= 0.3 is 0 Å². The summed E-state index contributed by atoms with van der Waals surface area (Å²) in [5, 5.41) is 0. The van der Waals surface area contributed by atoms with Crippen LogP contribution in [0.1, 0.15) is 0 Å². The Kier molecular flexibility index (Phi) is 2.85. The Balaban J connectivity index is 0.000000360. The van der Waals surface area contributed by atoms with E-state index in [1.807, 2.05) is 18.2 Å². The lowest BCUT2D eigenvalue weighted by Gasteiger charge is -1.70. The van der Waals surface area contributed by atoms with Crippen LogP contribution in [0, 0.1) is 0 Å². The minimum Gasteiger partial charge on any atom is -0.269 e. The number of rotatable bonds is 0. The van der Waals surface area contributed by atoms with E-state index in [1.165, 1.54) is 0 Å². The van der Waals surface area contributed by atoms with Crippen LogP contribution < -0.4 is 0 Å². The molecule has 0 bridgehead atoms. The molecule has 0 saturated heterocycles. The molecule has 0 aliphatic rings. The molecule has 0 spiro atoms. The van der Waals surface area contributed by atoms with Gasteiger partial charge in [0.25, 0.3) is 0 Å². The van der Waals surface area contributed by atoms with Crippen LogP contribution in [0.15, 0.2) is 30.6 Å². The molecular formula is C5H6FN. The van der Waals surface area contributed by atoms with Crippen LogP contribution in [-0.4, -0.2) is 4.98 Å². The molecule has 1 aromatic rings. The molecule has 0 aliphatic heterocycles. The summed E-state index contributed by atoms with van der Waals surface area (Å²) in [6.45, 7) is 0. The second-order valence-electron chi connectivity index (χ2n) is 1.02. The number of aromatic nitrogens is 1. The minimum atomic E-state index is 0. The van der Waals surface area contributed by atoms with E-state index in [9.17, 15) is 0 Å². The Morgan fingerprint density at radius 1 is 0.857 bits per heavy atom. The number of pyridine rings is 1. The summed E-state index contributed by atoms with van der Waals surface area (Å²) in [7, 11) is 0. The Labute approximate surface area is 41.4 Å². The number of nitrogens with zero attached hydrogens (tertiary/aromatic N) is 1. The van der Waals surface area contributed by atoms with Gasteiger partial charge in [0.2, 0.25) is 0 Å². The molecule has 0 N–H and O–H groups in total. The smallest absolute Gasteiger partial charge is 0.0267 e. The van der Waals surface area contributed by atoms with Gasteiger partial charge in [-0.05, 0) is 12.1 Å². The van der Waals surface area contributed by atoms with E-state index < -0.39 is 0 Å². The predicted octanol–water partition coefficient (Wildman–Crippen LogP) is 1.23. The Hall–Kier alpha value is -0.920. The molecule has 1 rings (SSSR count). The van der Waals surface area contributed by atoms with Gasteiger partial charge in [-0.3, -0.25) is 9.69 Å². The van der Waals surface area contributed by atoms with Crippen LogP contribution in [-0.2, 0) is 0 Å². The van der Waals surface area contributed by atoms with Crippen molar-refractivity contribution in [3.05, 3.63) is 30.6 Å². The van der Waals surface area contributed by atoms with Crippen LogP contribution in [0.25, 0.3) is 0 Å². The lowest BCUT2D eigenvalue weighted by atomic mass is 10.5. The van der Waals surface area contributed by atoms with Gasteiger partial charge in [0.05, 0.1) is 0 Å². The van der Waals surface area contributed by atoms with E-state index in [2.05, 4.69) is 4.98 Å². The van der Waals surface area contributed by atoms with Gasteiger partial charge in [-0.2, -0.15) is 0 Å². The fraction of sp³-hybridized carbons (Fsp3) is 0. The highest BCUT2D eigenvalue weighted by atomic mass is 19.0. The van der Waals surface area contributed by atoms with E-state index >= 15 is 0 Å². The molecule has 0 atom stereocenters. The molecule has 7 heavy (non-hydrogen) atoms. The van der Waals surface area contributed by atoms with Crippen molar-refractivity contribution in [2.24, 2.45) is 0 Å². The van der Waals surface area contributed by atoms with Gasteiger partial charge in [-0.1, -0.05) is 6.07 Å². The fourth-order valence-corrected chi connectivity index (χ4v) is 0.313. The zero-order chi connectivity index (χ0) is 4.24. The molecular weight excluding hydrogens is 93.1 g/mol. The van der Waals surface area contributed by atoms with Crippen molar-refractivity contribution in [3.8, 4) is 0 Å². The van der Waals surface area contributed by atoms with Crippen molar-refractivity contribution < 1.29 is 4.70 Å². The molecule has 0 fully saturated rings. The average Bonchev–Trinajstić information content (AvgIpc) is 1.72. The fourth-order valence-electron chi connectivity index (χ4n) is 0.313. The highest BCUT2D eigenvalue weighted by Crippen LogP contribution is 1.73. The van der Waals surface area contributed by atoms with Gasteiger partial charge in [0.15, 0.2) is 0 Å². The monoisotopic (exact) mass is 99.0 g/mol. The van der Waals surface area contributed by atoms with Crippen molar-refractivity contribution in [1.82, 2.24) is 4.98 Å². The zero-order valence-electron chi connectivity index (χ0n) is 3.74. The first kappa shape index (κ1) is 6.08. The number of hydrogen-bond acceptors (Lipinski definition) is 1. The summed E-state index contributed by atoms with van der Waals surface area (Å²) < 4.78 is 0. The van der Waals surface area contributed by atoms with Crippen molar-refractivity contribution >= 4 is 0 Å². The molecule has 0 radical (unpaired) electrons. The first-order valence-corrected chi connectivity index (χ1v) is 1.85. The standard InChI is InChI=1S/C5H5N.FH/c1-2-4-6-5-3-1;/h1-5H;1H. The first-order chi connectivity index (χ1) is 3.00. The van der Waals surface area contributed by atoms with Gasteiger partial charge in [-0.15, -0.1) is 0 Å². The molecule has 0 aromatic carbocycles. The van der Waals surface area contributed by atoms with Gasteiger partial charge in [0.1, 0.15) is 0 Å². The van der Waals surface area contributed by atoms with E-state index in [-0.39, 0.29) is 4.70 Å². The number of hydrogen-bond donors (Lipinski definition) is 0. The average molecular weight is 99.1 g/mol. The van der Waals surface area contributed by atoms with Crippen LogP contribution in [0.4, 0.5) is 4.70 Å². The van der Waals surface area contributed by atoms with Crippen molar-refractivity contribution in [1.29, 1.82) is 0 Å². The van der Waals surface area contributed by atoms with Crippen molar-refractivity contribution in [2.45, 2.75) is 0 Å². The maximum Gasteiger partial charge on any atom is 0.0267 e. The normalized spacial score (nSPS) is 6.86. The topological polar surface area (TPSA) is 12.9 Å². The molecule has 38 valence electrons. The largest absolute Gasteiger partial charge is 0.269 e. The quantitative estimate of drug-likeness (QED) is 0.476. The highest BCUT2D eigenvalue weighted by Gasteiger charge is 1.58. The molecule has 0 saturated carbocycles. The summed E-state index contributed by atoms with van der Waals surface area (Å²) >= 11 is 0. The highest BCUT2D eigenvalue weighted by molar-refractivity contribution is 4.88. The maximum atomic E-state index is 3.78. The Morgan fingerprint density at radius 3 is 1.57 bits per heavy atom. The molecule has 1 heterocycles. The summed E-state index contributed by atoms with van der Waals surface area (Å²) in [4.78, 5) is 3.78. The third-order valence-electron chi connectivity index (χ3n) is 0.566. The molecule has 2 heteroatoms. The van der Waals surface area contributed by atoms with Gasteiger partial charge in [-0.25, -0.2) is 0 Å². The molecule has 0 unspecified atom stereocenters. The van der Waals surface area contributed by atoms with Gasteiger partial charge < -0.3 is 0 Å². The third kappa shape index (κ3) is 1.87. The SMILES string of the molecule is F.c1ccncc1. The Bertz CT molecular complexity index is 80.0. The third-order valence-corrected chi connectivity index (χ3v) is 0.566. The van der Waals surface area contributed by atoms with E-state index in [0.29, 0.717) is 0 Å². The van der Waals surface area contributed by atoms with Crippen molar-refractivity contribution in [2.75, 3.05) is 0 Å². The molecule has 0 amide bonds. The van der Waals surface area contributed by atoms with Crippen LogP contribution in [0.5, 0.6) is 0 Å². The zero-order valence-corrected chi connectivity index (χ0v) is 3.74. The Morgan fingerprint density at radius 2 is 1.43 bits per heavy atom. The number of halogens is 1. The molecule has 1 nitrogen and oxygen atoms in total. The summed E-state index contributed by atoms with van der Waals surface area (Å²) in [6.07, 6.45) is 3.50. The van der Waals surface area contributed by atoms with Crippen LogP contribution >= 0.6 is 0 Å². The second-order valence-corrected chi connectivity index (χ2v) is 1.02. The molecule has 1 aromatic heterocycles. The van der Waals surface area contributed by atoms with Crippen LogP contribution in [0.2, 0.25) is 0 Å². The van der Waals surface area contributed by atoms with Gasteiger partial charge in [0, 0.05) is 12.4 Å². The van der Waals surface area contributed by atoms with E-state index in [1.54, 1.807) is 12.4 Å². The summed E-state index contributed by atoms with van der Waals surface area (Å²) in [5.74, 6) is 0. The summed E-state index contributed by atoms with van der Waals surface area (Å²) in [6, 6.07) is 5.72. The predicted molar refractivity (Wildman–Crippen MR) is 26.7 cm³/mol. The summed E-state index contributed by atoms with van der Waals surface area (Å²) in [5.41, 5.74) is 0. The minimum absolute atomic E-state index is 0. The van der Waals surface area contributed by atoms with E-state index in [0.717, 1.165) is 0 Å². The lowest BCUT2D eigenvalue weighted by molar-refractivity contribution is 1.11. The molecule has 0 aliphatic carbocycles. The second kappa shape index (κ2) is 3.28. The van der Waals surface area contributed by atoms with Crippen molar-refractivity contribution in [3.63, 3.8) is 0 Å². The van der Waals surface area contributed by atoms with E-state index in [4.69, 9.17) is 0 Å².